The van der Waals surface area contributed by atoms with Crippen molar-refractivity contribution in [3.63, 3.8) is 0 Å². The van der Waals surface area contributed by atoms with Crippen molar-refractivity contribution in [3.8, 4) is 0 Å². The van der Waals surface area contributed by atoms with Crippen LogP contribution in [-0.4, -0.2) is 57.5 Å². The van der Waals surface area contributed by atoms with Crippen molar-refractivity contribution in [2.45, 2.75) is 44.6 Å². The first kappa shape index (κ1) is 18.1. The molecule has 0 spiro atoms. The summed E-state index contributed by atoms with van der Waals surface area (Å²) in [6.07, 6.45) is 6.32. The Morgan fingerprint density at radius 1 is 1.22 bits per heavy atom. The van der Waals surface area contributed by atoms with Gasteiger partial charge in [0.2, 0.25) is 11.8 Å². The smallest absolute Gasteiger partial charge is 0.231 e. The number of rotatable bonds is 5. The topological polar surface area (TPSA) is 75.4 Å². The lowest BCUT2D eigenvalue weighted by Crippen LogP contribution is -2.38. The normalized spacial score (nSPS) is 22.3. The van der Waals surface area contributed by atoms with E-state index in [1.54, 1.807) is 6.20 Å². The molecule has 4 heterocycles. The van der Waals surface area contributed by atoms with Gasteiger partial charge in [-0.25, -0.2) is 0 Å². The van der Waals surface area contributed by atoms with Crippen molar-refractivity contribution in [1.82, 2.24) is 24.9 Å². The maximum Gasteiger partial charge on any atom is 0.231 e. The Morgan fingerprint density at radius 2 is 2.07 bits per heavy atom. The molecule has 2 aliphatic heterocycles. The number of amides is 1. The van der Waals surface area contributed by atoms with E-state index in [0.29, 0.717) is 31.3 Å². The third-order valence-electron chi connectivity index (χ3n) is 5.72. The summed E-state index contributed by atoms with van der Waals surface area (Å²) < 4.78 is 5.58. The van der Waals surface area contributed by atoms with Crippen molar-refractivity contribution in [1.29, 1.82) is 0 Å². The highest BCUT2D eigenvalue weighted by Gasteiger charge is 2.31. The van der Waals surface area contributed by atoms with Gasteiger partial charge in [0, 0.05) is 25.6 Å². The van der Waals surface area contributed by atoms with E-state index >= 15 is 0 Å². The van der Waals surface area contributed by atoms with Crippen LogP contribution in [-0.2, 0) is 17.8 Å². The van der Waals surface area contributed by atoms with E-state index < -0.39 is 0 Å². The van der Waals surface area contributed by atoms with Gasteiger partial charge in [-0.15, -0.1) is 0 Å². The maximum atomic E-state index is 12.3. The molecule has 0 aromatic carbocycles. The first-order valence-corrected chi connectivity index (χ1v) is 9.86. The van der Waals surface area contributed by atoms with Gasteiger partial charge in [-0.05, 0) is 57.5 Å². The van der Waals surface area contributed by atoms with E-state index in [9.17, 15) is 4.79 Å². The van der Waals surface area contributed by atoms with Crippen LogP contribution >= 0.6 is 0 Å². The third kappa shape index (κ3) is 4.53. The Bertz CT molecular complexity index is 755. The molecule has 4 rings (SSSR count). The Kier molecular flexibility index (Phi) is 5.48. The van der Waals surface area contributed by atoms with Crippen LogP contribution < -0.4 is 0 Å². The minimum Gasteiger partial charge on any atom is -0.339 e. The lowest BCUT2D eigenvalue weighted by Gasteiger charge is -2.30. The Balaban J connectivity index is 1.37. The number of piperidine rings is 2. The summed E-state index contributed by atoms with van der Waals surface area (Å²) in [6.45, 7) is 3.43. The van der Waals surface area contributed by atoms with Crippen molar-refractivity contribution in [3.05, 3.63) is 41.8 Å². The fourth-order valence-corrected chi connectivity index (χ4v) is 4.00. The van der Waals surface area contributed by atoms with Crippen LogP contribution in [0.1, 0.15) is 49.0 Å². The van der Waals surface area contributed by atoms with Gasteiger partial charge in [-0.3, -0.25) is 9.78 Å². The highest BCUT2D eigenvalue weighted by Crippen LogP contribution is 2.28. The number of carbonyl (C=O) groups excluding carboxylic acids is 1. The fourth-order valence-electron chi connectivity index (χ4n) is 4.00. The number of likely N-dealkylation sites (tertiary alicyclic amines) is 2. The van der Waals surface area contributed by atoms with Gasteiger partial charge in [0.25, 0.3) is 0 Å². The Morgan fingerprint density at radius 3 is 2.85 bits per heavy atom. The molecule has 1 atom stereocenters. The molecule has 0 bridgehead atoms. The van der Waals surface area contributed by atoms with Gasteiger partial charge < -0.3 is 14.3 Å². The number of carbonyl (C=O) groups is 1. The molecule has 0 radical (unpaired) electrons. The predicted molar refractivity (Wildman–Crippen MR) is 99.9 cm³/mol. The number of aromatic nitrogens is 3. The summed E-state index contributed by atoms with van der Waals surface area (Å²) in [5.41, 5.74) is 0.903. The molecule has 1 unspecified atom stereocenters. The molecule has 2 aliphatic rings. The molecule has 0 N–H and O–H groups in total. The van der Waals surface area contributed by atoms with E-state index in [1.807, 2.05) is 23.1 Å². The van der Waals surface area contributed by atoms with Gasteiger partial charge in [0.15, 0.2) is 5.82 Å². The molecule has 0 saturated carbocycles. The van der Waals surface area contributed by atoms with Crippen molar-refractivity contribution in [2.75, 3.05) is 26.7 Å². The molecular weight excluding hydrogens is 342 g/mol. The van der Waals surface area contributed by atoms with E-state index in [0.717, 1.165) is 37.4 Å². The average molecular weight is 369 g/mol. The summed E-state index contributed by atoms with van der Waals surface area (Å²) in [4.78, 5) is 25.5. The minimum atomic E-state index is 0.116. The zero-order chi connectivity index (χ0) is 18.6. The summed E-state index contributed by atoms with van der Waals surface area (Å²) >= 11 is 0. The number of nitrogens with zero attached hydrogens (tertiary/aromatic N) is 5. The first-order chi connectivity index (χ1) is 13.2. The number of pyridine rings is 1. The summed E-state index contributed by atoms with van der Waals surface area (Å²) in [5, 5.41) is 4.22. The van der Waals surface area contributed by atoms with Crippen LogP contribution in [0.25, 0.3) is 0 Å². The second-order valence-electron chi connectivity index (χ2n) is 7.83. The molecule has 7 nitrogen and oxygen atoms in total. The molecule has 2 saturated heterocycles. The fraction of sp³-hybridized carbons (Fsp3) is 0.600. The molecule has 27 heavy (non-hydrogen) atoms. The van der Waals surface area contributed by atoms with Crippen molar-refractivity contribution < 1.29 is 9.32 Å². The molecule has 144 valence electrons. The molecular formula is C20H27N5O2. The second kappa shape index (κ2) is 8.17. The van der Waals surface area contributed by atoms with Gasteiger partial charge in [0.05, 0.1) is 18.2 Å². The van der Waals surface area contributed by atoms with Crippen molar-refractivity contribution in [2.24, 2.45) is 5.92 Å². The molecule has 2 aromatic heterocycles. The highest BCUT2D eigenvalue weighted by molar-refractivity contribution is 5.77. The largest absolute Gasteiger partial charge is 0.339 e. The molecule has 7 heteroatoms. The standard InChI is InChI=1S/C20H27N5O2/c1-24-10-7-15(8-11-24)12-18-22-20(27-23-18)16-5-6-19(26)25(13-16)14-17-4-2-3-9-21-17/h2-4,9,15-16H,5-8,10-14H2,1H3. The lowest BCUT2D eigenvalue weighted by molar-refractivity contribution is -0.134. The predicted octanol–water partition coefficient (Wildman–Crippen LogP) is 2.26. The van der Waals surface area contributed by atoms with Gasteiger partial charge >= 0.3 is 0 Å². The van der Waals surface area contributed by atoms with Gasteiger partial charge in [-0.1, -0.05) is 11.2 Å². The summed E-state index contributed by atoms with van der Waals surface area (Å²) in [5.74, 6) is 2.41. The zero-order valence-electron chi connectivity index (χ0n) is 15.9. The van der Waals surface area contributed by atoms with E-state index in [1.165, 1.54) is 12.8 Å². The van der Waals surface area contributed by atoms with Crippen LogP contribution in [0, 0.1) is 5.92 Å². The summed E-state index contributed by atoms with van der Waals surface area (Å²) in [6, 6.07) is 5.78. The monoisotopic (exact) mass is 369 g/mol. The van der Waals surface area contributed by atoms with E-state index in [-0.39, 0.29) is 11.8 Å². The number of hydrogen-bond donors (Lipinski definition) is 0. The average Bonchev–Trinajstić information content (AvgIpc) is 3.15. The van der Waals surface area contributed by atoms with E-state index in [4.69, 9.17) is 4.52 Å². The lowest BCUT2D eigenvalue weighted by atomic mass is 9.93. The van der Waals surface area contributed by atoms with Gasteiger partial charge in [0.1, 0.15) is 0 Å². The molecule has 1 amide bonds. The molecule has 2 aromatic rings. The molecule has 2 fully saturated rings. The highest BCUT2D eigenvalue weighted by atomic mass is 16.5. The third-order valence-corrected chi connectivity index (χ3v) is 5.72. The quantitative estimate of drug-likeness (QED) is 0.805. The van der Waals surface area contributed by atoms with Crippen LogP contribution in [0.5, 0.6) is 0 Å². The first-order valence-electron chi connectivity index (χ1n) is 9.86. The SMILES string of the molecule is CN1CCC(Cc2noc(C3CCC(=O)N(Cc4ccccn4)C3)n2)CC1. The van der Waals surface area contributed by atoms with Crippen LogP contribution in [0.15, 0.2) is 28.9 Å². The molecule has 0 aliphatic carbocycles. The number of hydrogen-bond acceptors (Lipinski definition) is 6. The maximum absolute atomic E-state index is 12.3. The zero-order valence-corrected chi connectivity index (χ0v) is 15.9. The van der Waals surface area contributed by atoms with Crippen LogP contribution in [0.2, 0.25) is 0 Å². The van der Waals surface area contributed by atoms with E-state index in [2.05, 4.69) is 27.1 Å². The van der Waals surface area contributed by atoms with Crippen molar-refractivity contribution >= 4 is 5.91 Å². The summed E-state index contributed by atoms with van der Waals surface area (Å²) in [7, 11) is 2.17. The van der Waals surface area contributed by atoms with Crippen LogP contribution in [0.3, 0.4) is 0 Å². The second-order valence-corrected chi connectivity index (χ2v) is 7.83. The van der Waals surface area contributed by atoms with Gasteiger partial charge in [-0.2, -0.15) is 4.98 Å². The van der Waals surface area contributed by atoms with Crippen LogP contribution in [0.4, 0.5) is 0 Å². The minimum absolute atomic E-state index is 0.116. The Hall–Kier alpha value is -2.28. The Labute approximate surface area is 159 Å².